The van der Waals surface area contributed by atoms with Gasteiger partial charge in [0.1, 0.15) is 0 Å². The first kappa shape index (κ1) is 14.6. The summed E-state index contributed by atoms with van der Waals surface area (Å²) in [5.41, 5.74) is 3.34. The Labute approximate surface area is 131 Å². The standard InChI is InChI=1S/C20H21NO/c22-20(15-17-10-4-5-11-17)21-19-13-7-6-12-18(19)14-16-8-2-1-3-9-16/h1-4,6-10,12-13,17H,5,11,14-15H2,(H,21,22). The molecule has 1 N–H and O–H groups in total. The minimum absolute atomic E-state index is 0.108. The quantitative estimate of drug-likeness (QED) is 0.803. The summed E-state index contributed by atoms with van der Waals surface area (Å²) in [7, 11) is 0. The van der Waals surface area contributed by atoms with Crippen molar-refractivity contribution in [3.05, 3.63) is 77.9 Å². The molecule has 112 valence electrons. The summed E-state index contributed by atoms with van der Waals surface area (Å²) in [5.74, 6) is 0.512. The predicted molar refractivity (Wildman–Crippen MR) is 90.8 cm³/mol. The summed E-state index contributed by atoms with van der Waals surface area (Å²) < 4.78 is 0. The molecular formula is C20H21NO. The second-order valence-electron chi connectivity index (χ2n) is 5.84. The number of carbonyl (C=O) groups is 1. The number of para-hydroxylation sites is 1. The Balaban J connectivity index is 1.68. The van der Waals surface area contributed by atoms with E-state index in [-0.39, 0.29) is 5.91 Å². The van der Waals surface area contributed by atoms with E-state index in [9.17, 15) is 4.79 Å². The number of carbonyl (C=O) groups excluding carboxylic acids is 1. The molecule has 0 aromatic heterocycles. The molecule has 2 aromatic carbocycles. The molecule has 0 bridgehead atoms. The van der Waals surface area contributed by atoms with E-state index in [1.807, 2.05) is 36.4 Å². The molecular weight excluding hydrogens is 270 g/mol. The Bertz CT molecular complexity index is 660. The summed E-state index contributed by atoms with van der Waals surface area (Å²) in [6.07, 6.45) is 7.94. The minimum Gasteiger partial charge on any atom is -0.326 e. The monoisotopic (exact) mass is 291 g/mol. The van der Waals surface area contributed by atoms with Gasteiger partial charge in [-0.2, -0.15) is 0 Å². The number of hydrogen-bond donors (Lipinski definition) is 1. The van der Waals surface area contributed by atoms with Crippen molar-refractivity contribution in [3.8, 4) is 0 Å². The molecule has 1 aliphatic carbocycles. The second-order valence-corrected chi connectivity index (χ2v) is 5.84. The van der Waals surface area contributed by atoms with Crippen LogP contribution >= 0.6 is 0 Å². The van der Waals surface area contributed by atoms with Gasteiger partial charge < -0.3 is 5.32 Å². The molecule has 1 aliphatic rings. The van der Waals surface area contributed by atoms with Crippen molar-refractivity contribution in [2.24, 2.45) is 5.92 Å². The van der Waals surface area contributed by atoms with Crippen molar-refractivity contribution < 1.29 is 4.79 Å². The SMILES string of the molecule is O=C(CC1C=CCC1)Nc1ccccc1Cc1ccccc1. The molecule has 0 saturated heterocycles. The molecule has 0 fully saturated rings. The predicted octanol–water partition coefficient (Wildman–Crippen LogP) is 4.57. The third-order valence-electron chi connectivity index (χ3n) is 4.09. The molecule has 22 heavy (non-hydrogen) atoms. The van der Waals surface area contributed by atoms with Crippen molar-refractivity contribution in [1.29, 1.82) is 0 Å². The number of nitrogens with one attached hydrogen (secondary N) is 1. The maximum absolute atomic E-state index is 12.2. The Kier molecular flexibility index (Phi) is 4.69. The lowest BCUT2D eigenvalue weighted by atomic mass is 10.0. The van der Waals surface area contributed by atoms with Gasteiger partial charge in [0.25, 0.3) is 0 Å². The van der Waals surface area contributed by atoms with Gasteiger partial charge in [-0.15, -0.1) is 0 Å². The second kappa shape index (κ2) is 7.08. The van der Waals surface area contributed by atoms with Crippen LogP contribution in [0.1, 0.15) is 30.4 Å². The van der Waals surface area contributed by atoms with Crippen molar-refractivity contribution in [3.63, 3.8) is 0 Å². The van der Waals surface area contributed by atoms with E-state index in [0.29, 0.717) is 12.3 Å². The normalized spacial score (nSPS) is 16.6. The zero-order chi connectivity index (χ0) is 15.2. The molecule has 3 rings (SSSR count). The van der Waals surface area contributed by atoms with Crippen LogP contribution in [0.5, 0.6) is 0 Å². The van der Waals surface area contributed by atoms with E-state index in [1.165, 1.54) is 5.56 Å². The Morgan fingerprint density at radius 3 is 2.59 bits per heavy atom. The fourth-order valence-electron chi connectivity index (χ4n) is 2.92. The fourth-order valence-corrected chi connectivity index (χ4v) is 2.92. The first-order valence-corrected chi connectivity index (χ1v) is 7.89. The van der Waals surface area contributed by atoms with E-state index >= 15 is 0 Å². The van der Waals surface area contributed by atoms with Crippen molar-refractivity contribution >= 4 is 11.6 Å². The highest BCUT2D eigenvalue weighted by molar-refractivity contribution is 5.91. The van der Waals surface area contributed by atoms with Gasteiger partial charge in [0.05, 0.1) is 0 Å². The van der Waals surface area contributed by atoms with E-state index in [1.54, 1.807) is 0 Å². The third kappa shape index (κ3) is 3.85. The zero-order valence-electron chi connectivity index (χ0n) is 12.7. The maximum Gasteiger partial charge on any atom is 0.224 e. The molecule has 2 nitrogen and oxygen atoms in total. The van der Waals surface area contributed by atoms with Crippen LogP contribution < -0.4 is 5.32 Å². The maximum atomic E-state index is 12.2. The summed E-state index contributed by atoms with van der Waals surface area (Å²) in [6, 6.07) is 18.4. The molecule has 2 heteroatoms. The first-order chi connectivity index (χ1) is 10.8. The van der Waals surface area contributed by atoms with E-state index in [4.69, 9.17) is 0 Å². The summed E-state index contributed by atoms with van der Waals surface area (Å²) in [6.45, 7) is 0. The molecule has 0 heterocycles. The molecule has 0 spiro atoms. The van der Waals surface area contributed by atoms with Gasteiger partial charge in [0, 0.05) is 12.1 Å². The number of anilines is 1. The van der Waals surface area contributed by atoms with Gasteiger partial charge in [0.15, 0.2) is 0 Å². The molecule has 1 amide bonds. The first-order valence-electron chi connectivity index (χ1n) is 7.89. The molecule has 1 atom stereocenters. The van der Waals surface area contributed by atoms with Crippen LogP contribution in [0.2, 0.25) is 0 Å². The Morgan fingerprint density at radius 2 is 1.82 bits per heavy atom. The third-order valence-corrected chi connectivity index (χ3v) is 4.09. The van der Waals surface area contributed by atoms with Crippen LogP contribution in [0.4, 0.5) is 5.69 Å². The lowest BCUT2D eigenvalue weighted by Gasteiger charge is -2.13. The highest BCUT2D eigenvalue weighted by Gasteiger charge is 2.15. The molecule has 0 radical (unpaired) electrons. The van der Waals surface area contributed by atoms with E-state index < -0.39 is 0 Å². The van der Waals surface area contributed by atoms with E-state index in [2.05, 4.69) is 35.7 Å². The number of benzene rings is 2. The number of hydrogen-bond acceptors (Lipinski definition) is 1. The van der Waals surface area contributed by atoms with E-state index in [0.717, 1.165) is 30.5 Å². The number of rotatable bonds is 5. The fraction of sp³-hybridized carbons (Fsp3) is 0.250. The molecule has 2 aromatic rings. The van der Waals surface area contributed by atoms with Crippen LogP contribution in [0.3, 0.4) is 0 Å². The van der Waals surface area contributed by atoms with Gasteiger partial charge in [-0.05, 0) is 42.4 Å². The molecule has 0 aliphatic heterocycles. The summed E-state index contributed by atoms with van der Waals surface area (Å²) >= 11 is 0. The van der Waals surface area contributed by atoms with Gasteiger partial charge >= 0.3 is 0 Å². The lowest BCUT2D eigenvalue weighted by Crippen LogP contribution is -2.16. The average molecular weight is 291 g/mol. The van der Waals surface area contributed by atoms with Gasteiger partial charge in [0.2, 0.25) is 5.91 Å². The molecule has 0 saturated carbocycles. The largest absolute Gasteiger partial charge is 0.326 e. The van der Waals surface area contributed by atoms with Crippen molar-refractivity contribution in [2.45, 2.75) is 25.7 Å². The van der Waals surface area contributed by atoms with Gasteiger partial charge in [-0.1, -0.05) is 60.7 Å². The highest BCUT2D eigenvalue weighted by atomic mass is 16.1. The number of allylic oxidation sites excluding steroid dienone is 2. The van der Waals surface area contributed by atoms with Crippen LogP contribution in [-0.2, 0) is 11.2 Å². The summed E-state index contributed by atoms with van der Waals surface area (Å²) in [4.78, 5) is 12.2. The number of amides is 1. The van der Waals surface area contributed by atoms with Gasteiger partial charge in [-0.25, -0.2) is 0 Å². The topological polar surface area (TPSA) is 29.1 Å². The van der Waals surface area contributed by atoms with Crippen LogP contribution in [0.25, 0.3) is 0 Å². The van der Waals surface area contributed by atoms with Crippen LogP contribution in [-0.4, -0.2) is 5.91 Å². The summed E-state index contributed by atoms with van der Waals surface area (Å²) in [5, 5.41) is 3.08. The van der Waals surface area contributed by atoms with Crippen molar-refractivity contribution in [1.82, 2.24) is 0 Å². The Morgan fingerprint density at radius 1 is 1.05 bits per heavy atom. The average Bonchev–Trinajstić information content (AvgIpc) is 3.03. The minimum atomic E-state index is 0.108. The lowest BCUT2D eigenvalue weighted by molar-refractivity contribution is -0.116. The smallest absolute Gasteiger partial charge is 0.224 e. The van der Waals surface area contributed by atoms with Gasteiger partial charge in [-0.3, -0.25) is 4.79 Å². The van der Waals surface area contributed by atoms with Crippen LogP contribution in [0.15, 0.2) is 66.7 Å². The zero-order valence-corrected chi connectivity index (χ0v) is 12.7. The van der Waals surface area contributed by atoms with Crippen LogP contribution in [0, 0.1) is 5.92 Å². The molecule has 1 unspecified atom stereocenters. The highest BCUT2D eigenvalue weighted by Crippen LogP contribution is 2.23. The van der Waals surface area contributed by atoms with Crippen molar-refractivity contribution in [2.75, 3.05) is 5.32 Å². The Hall–Kier alpha value is -2.35.